The third-order valence-electron chi connectivity index (χ3n) is 7.60. The highest BCUT2D eigenvalue weighted by Crippen LogP contribution is 2.45. The maximum absolute atomic E-state index is 10.2. The standard InChI is InChI=1S/C32H34O6/c1-31(2,22-11-14-25(33)28(17-22)36-4)20-7-9-21(10-8-20)32(3,23-12-15-26(34)29(18-23)37-5)24-13-16-27(35)30(19-24)38-6/h7-19,33-35H,1-6H3. The van der Waals surface area contributed by atoms with Crippen LogP contribution in [0.1, 0.15) is 48.6 Å². The van der Waals surface area contributed by atoms with Crippen LogP contribution >= 0.6 is 0 Å². The minimum atomic E-state index is -0.674. The maximum Gasteiger partial charge on any atom is 0.160 e. The summed E-state index contributed by atoms with van der Waals surface area (Å²) >= 11 is 0. The number of ether oxygens (including phenoxy) is 3. The number of hydrogen-bond donors (Lipinski definition) is 3. The van der Waals surface area contributed by atoms with E-state index in [2.05, 4.69) is 45.0 Å². The van der Waals surface area contributed by atoms with Gasteiger partial charge < -0.3 is 29.5 Å². The Morgan fingerprint density at radius 2 is 0.763 bits per heavy atom. The molecule has 4 rings (SSSR count). The number of benzene rings is 4. The Labute approximate surface area is 223 Å². The lowest BCUT2D eigenvalue weighted by molar-refractivity contribution is 0.371. The van der Waals surface area contributed by atoms with E-state index >= 15 is 0 Å². The highest BCUT2D eigenvalue weighted by Gasteiger charge is 2.34. The van der Waals surface area contributed by atoms with E-state index in [4.69, 9.17) is 14.2 Å². The van der Waals surface area contributed by atoms with E-state index in [0.717, 1.165) is 27.8 Å². The predicted molar refractivity (Wildman–Crippen MR) is 148 cm³/mol. The summed E-state index contributed by atoms with van der Waals surface area (Å²) in [7, 11) is 4.59. The van der Waals surface area contributed by atoms with Crippen molar-refractivity contribution < 1.29 is 29.5 Å². The normalized spacial score (nSPS) is 11.7. The molecular weight excluding hydrogens is 480 g/mol. The third kappa shape index (κ3) is 4.58. The van der Waals surface area contributed by atoms with Gasteiger partial charge in [-0.15, -0.1) is 0 Å². The molecule has 6 heteroatoms. The summed E-state index contributed by atoms with van der Waals surface area (Å²) in [4.78, 5) is 0. The zero-order valence-corrected chi connectivity index (χ0v) is 22.6. The molecule has 0 aliphatic heterocycles. The lowest BCUT2D eigenvalue weighted by Crippen LogP contribution is -2.26. The van der Waals surface area contributed by atoms with Gasteiger partial charge in [0.05, 0.1) is 21.3 Å². The largest absolute Gasteiger partial charge is 0.504 e. The molecule has 4 aromatic rings. The predicted octanol–water partition coefficient (Wildman–Crippen LogP) is 6.51. The van der Waals surface area contributed by atoms with Crippen molar-refractivity contribution >= 4 is 0 Å². The fourth-order valence-corrected chi connectivity index (χ4v) is 4.93. The molecule has 0 amide bonds. The zero-order chi connectivity index (χ0) is 27.7. The molecule has 0 heterocycles. The third-order valence-corrected chi connectivity index (χ3v) is 7.60. The molecule has 198 valence electrons. The van der Waals surface area contributed by atoms with E-state index in [0.29, 0.717) is 17.2 Å². The zero-order valence-electron chi connectivity index (χ0n) is 22.6. The first-order valence-corrected chi connectivity index (χ1v) is 12.3. The van der Waals surface area contributed by atoms with E-state index in [-0.39, 0.29) is 22.7 Å². The summed E-state index contributed by atoms with van der Waals surface area (Å²) < 4.78 is 16.2. The SMILES string of the molecule is COc1cc(C(C)(C)c2ccc(C(C)(c3ccc(O)c(OC)c3)c3ccc(O)c(OC)c3)cc2)ccc1O. The van der Waals surface area contributed by atoms with E-state index in [1.807, 2.05) is 36.4 Å². The Balaban J connectivity index is 1.86. The summed E-state index contributed by atoms with van der Waals surface area (Å²) in [6.07, 6.45) is 0. The van der Waals surface area contributed by atoms with Gasteiger partial charge in [0.25, 0.3) is 0 Å². The van der Waals surface area contributed by atoms with Crippen molar-refractivity contribution in [2.24, 2.45) is 0 Å². The lowest BCUT2D eigenvalue weighted by atomic mass is 9.70. The van der Waals surface area contributed by atoms with E-state index in [9.17, 15) is 15.3 Å². The maximum atomic E-state index is 10.2. The summed E-state index contributed by atoms with van der Waals surface area (Å²) in [5.41, 5.74) is 3.86. The van der Waals surface area contributed by atoms with E-state index in [1.165, 1.54) is 21.3 Å². The Kier molecular flexibility index (Phi) is 7.18. The topological polar surface area (TPSA) is 88.4 Å². The van der Waals surface area contributed by atoms with Gasteiger partial charge in [0.1, 0.15) is 0 Å². The van der Waals surface area contributed by atoms with Crippen molar-refractivity contribution in [3.8, 4) is 34.5 Å². The smallest absolute Gasteiger partial charge is 0.160 e. The number of phenolic OH excluding ortho intramolecular Hbond substituents is 3. The van der Waals surface area contributed by atoms with Gasteiger partial charge in [0, 0.05) is 10.8 Å². The van der Waals surface area contributed by atoms with Crippen LogP contribution < -0.4 is 14.2 Å². The summed E-state index contributed by atoms with van der Waals surface area (Å²) in [5, 5.41) is 30.5. The molecule has 0 bridgehead atoms. The second-order valence-electron chi connectivity index (χ2n) is 9.99. The van der Waals surface area contributed by atoms with Crippen molar-refractivity contribution in [2.45, 2.75) is 31.6 Å². The molecule has 0 unspecified atom stereocenters. The van der Waals surface area contributed by atoms with Crippen LogP contribution in [0.5, 0.6) is 34.5 Å². The van der Waals surface area contributed by atoms with Crippen LogP contribution in [0.2, 0.25) is 0 Å². The highest BCUT2D eigenvalue weighted by atomic mass is 16.5. The highest BCUT2D eigenvalue weighted by molar-refractivity contribution is 5.57. The molecule has 0 aliphatic rings. The van der Waals surface area contributed by atoms with Crippen LogP contribution in [-0.2, 0) is 10.8 Å². The van der Waals surface area contributed by atoms with Gasteiger partial charge in [-0.25, -0.2) is 0 Å². The Morgan fingerprint density at radius 3 is 1.16 bits per heavy atom. The molecular formula is C32H34O6. The fourth-order valence-electron chi connectivity index (χ4n) is 4.93. The molecule has 0 aromatic heterocycles. The van der Waals surface area contributed by atoms with Crippen LogP contribution in [0.4, 0.5) is 0 Å². The van der Waals surface area contributed by atoms with Crippen LogP contribution in [0.3, 0.4) is 0 Å². The summed E-state index contributed by atoms with van der Waals surface area (Å²) in [5.74, 6) is 1.40. The molecule has 0 saturated carbocycles. The van der Waals surface area contributed by atoms with Gasteiger partial charge in [-0.05, 0) is 71.1 Å². The fraction of sp³-hybridized carbons (Fsp3) is 0.250. The quantitative estimate of drug-likeness (QED) is 0.232. The van der Waals surface area contributed by atoms with E-state index in [1.54, 1.807) is 18.2 Å². The van der Waals surface area contributed by atoms with Gasteiger partial charge in [0.15, 0.2) is 34.5 Å². The average Bonchev–Trinajstić information content (AvgIpc) is 2.93. The van der Waals surface area contributed by atoms with Crippen molar-refractivity contribution in [1.29, 1.82) is 0 Å². The Hall–Kier alpha value is -4.32. The second kappa shape index (κ2) is 10.2. The first kappa shape index (κ1) is 26.7. The number of rotatable bonds is 8. The Bertz CT molecular complexity index is 1390. The van der Waals surface area contributed by atoms with Gasteiger partial charge in [-0.2, -0.15) is 0 Å². The molecule has 0 radical (unpaired) electrons. The summed E-state index contributed by atoms with van der Waals surface area (Å²) in [6.45, 7) is 6.35. The second-order valence-corrected chi connectivity index (χ2v) is 9.99. The minimum absolute atomic E-state index is 0.0586. The molecule has 0 saturated heterocycles. The monoisotopic (exact) mass is 514 g/mol. The molecule has 0 fully saturated rings. The molecule has 0 aliphatic carbocycles. The van der Waals surface area contributed by atoms with Crippen LogP contribution in [-0.4, -0.2) is 36.6 Å². The molecule has 0 spiro atoms. The van der Waals surface area contributed by atoms with E-state index < -0.39 is 5.41 Å². The van der Waals surface area contributed by atoms with Gasteiger partial charge in [-0.1, -0.05) is 56.3 Å². The number of methoxy groups -OCH3 is 3. The number of aromatic hydroxyl groups is 3. The molecule has 38 heavy (non-hydrogen) atoms. The first-order chi connectivity index (χ1) is 18.1. The first-order valence-electron chi connectivity index (χ1n) is 12.3. The van der Waals surface area contributed by atoms with Crippen molar-refractivity contribution in [1.82, 2.24) is 0 Å². The van der Waals surface area contributed by atoms with Crippen molar-refractivity contribution in [3.05, 3.63) is 107 Å². The average molecular weight is 515 g/mol. The molecule has 3 N–H and O–H groups in total. The van der Waals surface area contributed by atoms with Gasteiger partial charge in [-0.3, -0.25) is 0 Å². The van der Waals surface area contributed by atoms with Crippen LogP contribution in [0.25, 0.3) is 0 Å². The van der Waals surface area contributed by atoms with Crippen LogP contribution in [0, 0.1) is 0 Å². The molecule has 4 aromatic carbocycles. The molecule has 6 nitrogen and oxygen atoms in total. The number of phenols is 3. The summed E-state index contributed by atoms with van der Waals surface area (Å²) in [6, 6.07) is 24.4. The van der Waals surface area contributed by atoms with Gasteiger partial charge in [0.2, 0.25) is 0 Å². The molecule has 0 atom stereocenters. The van der Waals surface area contributed by atoms with Crippen molar-refractivity contribution in [3.63, 3.8) is 0 Å². The van der Waals surface area contributed by atoms with Crippen LogP contribution in [0.15, 0.2) is 78.9 Å². The van der Waals surface area contributed by atoms with Gasteiger partial charge >= 0.3 is 0 Å². The Morgan fingerprint density at radius 1 is 0.447 bits per heavy atom. The minimum Gasteiger partial charge on any atom is -0.504 e. The number of hydrogen-bond acceptors (Lipinski definition) is 6. The van der Waals surface area contributed by atoms with Crippen molar-refractivity contribution in [2.75, 3.05) is 21.3 Å². The lowest BCUT2D eigenvalue weighted by Gasteiger charge is -2.34.